The second kappa shape index (κ2) is 9.64. The van der Waals surface area contributed by atoms with Crippen molar-refractivity contribution in [1.82, 2.24) is 20.1 Å². The molecule has 6 heteroatoms. The minimum absolute atomic E-state index is 0.0970. The number of hydrogen-bond acceptors (Lipinski definition) is 3. The molecule has 2 amide bonds. The summed E-state index contributed by atoms with van der Waals surface area (Å²) < 4.78 is 13.2. The van der Waals surface area contributed by atoms with Gasteiger partial charge in [-0.2, -0.15) is 0 Å². The number of aryl methyl sites for hydroxylation is 1. The first-order chi connectivity index (χ1) is 13.5. The first kappa shape index (κ1) is 20.3. The number of carbonyl (C=O) groups excluding carboxylic acids is 1. The number of hydrogen-bond donors (Lipinski definition) is 1. The zero-order valence-corrected chi connectivity index (χ0v) is 16.7. The molecular weight excluding hydrogens is 355 g/mol. The number of piperidine rings is 1. The van der Waals surface area contributed by atoms with Crippen molar-refractivity contribution in [2.24, 2.45) is 0 Å². The van der Waals surface area contributed by atoms with E-state index in [-0.39, 0.29) is 17.9 Å². The van der Waals surface area contributed by atoms with E-state index < -0.39 is 0 Å². The van der Waals surface area contributed by atoms with Crippen LogP contribution < -0.4 is 5.32 Å². The molecule has 0 radical (unpaired) electrons. The predicted molar refractivity (Wildman–Crippen MR) is 108 cm³/mol. The lowest BCUT2D eigenvalue weighted by atomic mass is 10.0. The Morgan fingerprint density at radius 3 is 2.46 bits per heavy atom. The van der Waals surface area contributed by atoms with Gasteiger partial charge < -0.3 is 15.1 Å². The zero-order chi connectivity index (χ0) is 19.9. The summed E-state index contributed by atoms with van der Waals surface area (Å²) in [6.45, 7) is 4.92. The number of rotatable bonds is 6. The average Bonchev–Trinajstić information content (AvgIpc) is 2.73. The van der Waals surface area contributed by atoms with Crippen molar-refractivity contribution in [2.75, 3.05) is 20.1 Å². The topological polar surface area (TPSA) is 48.5 Å². The van der Waals surface area contributed by atoms with Gasteiger partial charge >= 0.3 is 6.03 Å². The molecule has 1 N–H and O–H groups in total. The van der Waals surface area contributed by atoms with E-state index in [1.807, 2.05) is 4.90 Å². The van der Waals surface area contributed by atoms with Crippen molar-refractivity contribution in [3.8, 4) is 0 Å². The summed E-state index contributed by atoms with van der Waals surface area (Å²) in [4.78, 5) is 21.3. The van der Waals surface area contributed by atoms with Gasteiger partial charge in [-0.15, -0.1) is 0 Å². The van der Waals surface area contributed by atoms with Gasteiger partial charge in [0.15, 0.2) is 0 Å². The van der Waals surface area contributed by atoms with Crippen molar-refractivity contribution in [2.45, 2.75) is 45.3 Å². The summed E-state index contributed by atoms with van der Waals surface area (Å²) in [5.41, 5.74) is 3.06. The molecule has 1 saturated heterocycles. The van der Waals surface area contributed by atoms with Gasteiger partial charge in [-0.25, -0.2) is 9.18 Å². The van der Waals surface area contributed by atoms with Gasteiger partial charge in [0, 0.05) is 12.6 Å². The Kier molecular flexibility index (Phi) is 6.98. The van der Waals surface area contributed by atoms with Crippen LogP contribution in [0, 0.1) is 5.82 Å². The minimum Gasteiger partial charge on any atom is -0.334 e. The van der Waals surface area contributed by atoms with Crippen LogP contribution in [0.5, 0.6) is 0 Å². The summed E-state index contributed by atoms with van der Waals surface area (Å²) >= 11 is 0. The van der Waals surface area contributed by atoms with Crippen molar-refractivity contribution >= 4 is 6.03 Å². The third-order valence-electron chi connectivity index (χ3n) is 5.39. The fourth-order valence-corrected chi connectivity index (χ4v) is 3.52. The zero-order valence-electron chi connectivity index (χ0n) is 16.7. The number of amides is 2. The van der Waals surface area contributed by atoms with Crippen LogP contribution in [0.4, 0.5) is 9.18 Å². The van der Waals surface area contributed by atoms with Crippen LogP contribution >= 0.6 is 0 Å². The third-order valence-corrected chi connectivity index (χ3v) is 5.39. The van der Waals surface area contributed by atoms with E-state index in [9.17, 15) is 9.18 Å². The number of urea groups is 1. The molecule has 0 unspecified atom stereocenters. The van der Waals surface area contributed by atoms with Crippen LogP contribution in [0.25, 0.3) is 0 Å². The number of nitrogens with one attached hydrogen (secondary N) is 1. The van der Waals surface area contributed by atoms with Gasteiger partial charge in [-0.05, 0) is 62.7 Å². The van der Waals surface area contributed by atoms with E-state index in [0.717, 1.165) is 37.9 Å². The molecule has 150 valence electrons. The molecule has 0 spiro atoms. The third kappa shape index (κ3) is 5.52. The smallest absolute Gasteiger partial charge is 0.318 e. The molecule has 3 rings (SSSR count). The van der Waals surface area contributed by atoms with Crippen molar-refractivity contribution in [1.29, 1.82) is 0 Å². The van der Waals surface area contributed by atoms with Crippen molar-refractivity contribution < 1.29 is 9.18 Å². The summed E-state index contributed by atoms with van der Waals surface area (Å²) in [6, 6.07) is 11.4. The van der Waals surface area contributed by atoms with E-state index in [2.05, 4.69) is 53.4 Å². The largest absolute Gasteiger partial charge is 0.334 e. The highest BCUT2D eigenvalue weighted by Crippen LogP contribution is 2.18. The number of pyridine rings is 1. The maximum Gasteiger partial charge on any atom is 0.318 e. The number of likely N-dealkylation sites (tertiary alicyclic amines) is 1. The first-order valence-electron chi connectivity index (χ1n) is 9.96. The Labute approximate surface area is 166 Å². The summed E-state index contributed by atoms with van der Waals surface area (Å²) in [5.74, 6) is -0.366. The van der Waals surface area contributed by atoms with Crippen LogP contribution in [-0.2, 0) is 19.5 Å². The van der Waals surface area contributed by atoms with E-state index in [4.69, 9.17) is 0 Å². The summed E-state index contributed by atoms with van der Waals surface area (Å²) in [5, 5.41) is 3.05. The first-order valence-corrected chi connectivity index (χ1v) is 9.96. The SMILES string of the molecule is CCc1ccc(CNC(=O)N(Cc2ccc(F)cn2)C2CCN(C)CC2)cc1. The molecule has 28 heavy (non-hydrogen) atoms. The highest BCUT2D eigenvalue weighted by Gasteiger charge is 2.27. The average molecular weight is 384 g/mol. The van der Waals surface area contributed by atoms with Gasteiger partial charge in [0.05, 0.1) is 18.4 Å². The Morgan fingerprint density at radius 2 is 1.86 bits per heavy atom. The number of carbonyl (C=O) groups is 1. The van der Waals surface area contributed by atoms with E-state index in [1.165, 1.54) is 17.8 Å². The molecule has 1 aromatic carbocycles. The second-order valence-corrected chi connectivity index (χ2v) is 7.46. The van der Waals surface area contributed by atoms with Gasteiger partial charge in [-0.1, -0.05) is 31.2 Å². The minimum atomic E-state index is -0.366. The van der Waals surface area contributed by atoms with Crippen LogP contribution in [0.3, 0.4) is 0 Å². The van der Waals surface area contributed by atoms with Gasteiger partial charge in [0.25, 0.3) is 0 Å². The van der Waals surface area contributed by atoms with Crippen LogP contribution in [0.15, 0.2) is 42.6 Å². The quantitative estimate of drug-likeness (QED) is 0.828. The standard InChI is InChI=1S/C22H29FN4O/c1-3-17-4-6-18(7-5-17)14-25-22(28)27(21-10-12-26(2)13-11-21)16-20-9-8-19(23)15-24-20/h4-9,15,21H,3,10-14,16H2,1-2H3,(H,25,28). The van der Waals surface area contributed by atoms with Gasteiger partial charge in [-0.3, -0.25) is 4.98 Å². The van der Waals surface area contributed by atoms with Gasteiger partial charge in [0.2, 0.25) is 0 Å². The van der Waals surface area contributed by atoms with Crippen LogP contribution in [0.1, 0.15) is 36.6 Å². The molecule has 0 saturated carbocycles. The lowest BCUT2D eigenvalue weighted by Crippen LogP contribution is -2.49. The van der Waals surface area contributed by atoms with E-state index >= 15 is 0 Å². The number of aromatic nitrogens is 1. The second-order valence-electron chi connectivity index (χ2n) is 7.46. The highest BCUT2D eigenvalue weighted by atomic mass is 19.1. The fraction of sp³-hybridized carbons (Fsp3) is 0.455. The van der Waals surface area contributed by atoms with Crippen LogP contribution in [0.2, 0.25) is 0 Å². The lowest BCUT2D eigenvalue weighted by Gasteiger charge is -2.37. The van der Waals surface area contributed by atoms with E-state index in [0.29, 0.717) is 18.8 Å². The fourth-order valence-electron chi connectivity index (χ4n) is 3.52. The van der Waals surface area contributed by atoms with Crippen molar-refractivity contribution in [3.63, 3.8) is 0 Å². The monoisotopic (exact) mass is 384 g/mol. The molecule has 2 heterocycles. The normalized spacial score (nSPS) is 15.4. The molecule has 1 aliphatic heterocycles. The number of halogens is 1. The maximum atomic E-state index is 13.2. The molecule has 0 atom stereocenters. The molecule has 0 aliphatic carbocycles. The van der Waals surface area contributed by atoms with Crippen molar-refractivity contribution in [3.05, 3.63) is 65.2 Å². The predicted octanol–water partition coefficient (Wildman–Crippen LogP) is 3.59. The molecule has 2 aromatic rings. The summed E-state index contributed by atoms with van der Waals surface area (Å²) in [6.07, 6.45) is 4.06. The molecule has 5 nitrogen and oxygen atoms in total. The molecule has 1 aromatic heterocycles. The Balaban J connectivity index is 1.67. The molecule has 1 aliphatic rings. The Hall–Kier alpha value is -2.47. The number of benzene rings is 1. The van der Waals surface area contributed by atoms with Gasteiger partial charge in [0.1, 0.15) is 5.82 Å². The lowest BCUT2D eigenvalue weighted by molar-refractivity contribution is 0.126. The molecule has 1 fully saturated rings. The highest BCUT2D eigenvalue weighted by molar-refractivity contribution is 5.74. The van der Waals surface area contributed by atoms with E-state index in [1.54, 1.807) is 6.07 Å². The number of nitrogens with zero attached hydrogens (tertiary/aromatic N) is 3. The Morgan fingerprint density at radius 1 is 1.18 bits per heavy atom. The molecule has 0 bridgehead atoms. The van der Waals surface area contributed by atoms with Crippen LogP contribution in [-0.4, -0.2) is 47.0 Å². The summed E-state index contributed by atoms with van der Waals surface area (Å²) in [7, 11) is 2.10. The maximum absolute atomic E-state index is 13.2. The Bertz CT molecular complexity index is 755. The molecular formula is C22H29FN4O.